The standard InChI is InChI=1S/C9H11O2/c1-9(10,11-2)8-6-4-3-5-7-8/h3-7H,1-2H3. The van der Waals surface area contributed by atoms with Gasteiger partial charge in [0.2, 0.25) is 5.79 Å². The van der Waals surface area contributed by atoms with Gasteiger partial charge in [-0.1, -0.05) is 30.3 Å². The first kappa shape index (κ1) is 8.24. The summed E-state index contributed by atoms with van der Waals surface area (Å²) in [6.45, 7) is 1.50. The van der Waals surface area contributed by atoms with Gasteiger partial charge in [0.15, 0.2) is 0 Å². The highest BCUT2D eigenvalue weighted by molar-refractivity contribution is 5.18. The third-order valence-electron chi connectivity index (χ3n) is 1.69. The van der Waals surface area contributed by atoms with Crippen molar-refractivity contribution in [1.82, 2.24) is 0 Å². The molecule has 11 heavy (non-hydrogen) atoms. The lowest BCUT2D eigenvalue weighted by molar-refractivity contribution is -0.221. The average Bonchev–Trinajstić information content (AvgIpc) is 2.06. The molecule has 0 bridgehead atoms. The predicted octanol–water partition coefficient (Wildman–Crippen LogP) is 1.94. The molecule has 0 saturated carbocycles. The minimum atomic E-state index is -1.42. The quantitative estimate of drug-likeness (QED) is 0.594. The second kappa shape index (κ2) is 3.03. The van der Waals surface area contributed by atoms with Gasteiger partial charge in [0.1, 0.15) is 0 Å². The van der Waals surface area contributed by atoms with Crippen LogP contribution in [0.15, 0.2) is 30.3 Å². The number of benzene rings is 1. The molecule has 1 aromatic carbocycles. The Balaban J connectivity index is 2.93. The summed E-state index contributed by atoms with van der Waals surface area (Å²) in [4.78, 5) is 0. The van der Waals surface area contributed by atoms with Gasteiger partial charge in [-0.2, -0.15) is 5.11 Å². The number of ether oxygens (including phenoxy) is 1. The van der Waals surface area contributed by atoms with Gasteiger partial charge in [-0.25, -0.2) is 0 Å². The molecule has 0 fully saturated rings. The Bertz CT molecular complexity index is 216. The Morgan fingerprint density at radius 2 is 1.82 bits per heavy atom. The van der Waals surface area contributed by atoms with E-state index in [9.17, 15) is 5.11 Å². The molecule has 1 atom stereocenters. The second-order valence-corrected chi connectivity index (χ2v) is 2.52. The minimum Gasteiger partial charge on any atom is -0.347 e. The fraction of sp³-hybridized carbons (Fsp3) is 0.333. The predicted molar refractivity (Wildman–Crippen MR) is 41.5 cm³/mol. The van der Waals surface area contributed by atoms with Gasteiger partial charge >= 0.3 is 0 Å². The van der Waals surface area contributed by atoms with E-state index in [1.54, 1.807) is 12.1 Å². The van der Waals surface area contributed by atoms with Crippen LogP contribution < -0.4 is 0 Å². The van der Waals surface area contributed by atoms with Crippen LogP contribution in [-0.2, 0) is 15.6 Å². The summed E-state index contributed by atoms with van der Waals surface area (Å²) < 4.78 is 4.77. The van der Waals surface area contributed by atoms with E-state index in [2.05, 4.69) is 0 Å². The van der Waals surface area contributed by atoms with Gasteiger partial charge < -0.3 is 4.74 Å². The van der Waals surface area contributed by atoms with Crippen molar-refractivity contribution in [1.29, 1.82) is 0 Å². The maximum Gasteiger partial charge on any atom is 0.224 e. The topological polar surface area (TPSA) is 29.1 Å². The first-order chi connectivity index (χ1) is 5.17. The molecule has 1 aromatic rings. The molecule has 0 aliphatic heterocycles. The number of hydrogen-bond acceptors (Lipinski definition) is 1. The van der Waals surface area contributed by atoms with Crippen LogP contribution in [0.5, 0.6) is 0 Å². The largest absolute Gasteiger partial charge is 0.347 e. The van der Waals surface area contributed by atoms with E-state index in [1.165, 1.54) is 14.0 Å². The maximum absolute atomic E-state index is 11.5. The van der Waals surface area contributed by atoms with E-state index in [0.29, 0.717) is 5.56 Å². The summed E-state index contributed by atoms with van der Waals surface area (Å²) in [5, 5.41) is 11.5. The van der Waals surface area contributed by atoms with Gasteiger partial charge in [0.25, 0.3) is 0 Å². The van der Waals surface area contributed by atoms with Gasteiger partial charge in [0, 0.05) is 12.7 Å². The summed E-state index contributed by atoms with van der Waals surface area (Å²) in [7, 11) is 1.42. The van der Waals surface area contributed by atoms with E-state index in [0.717, 1.165) is 0 Å². The summed E-state index contributed by atoms with van der Waals surface area (Å²) in [6, 6.07) is 9.04. The zero-order valence-corrected chi connectivity index (χ0v) is 6.70. The van der Waals surface area contributed by atoms with Crippen molar-refractivity contribution >= 4 is 0 Å². The normalized spacial score (nSPS) is 15.9. The van der Waals surface area contributed by atoms with Crippen molar-refractivity contribution in [3.63, 3.8) is 0 Å². The van der Waals surface area contributed by atoms with Gasteiger partial charge in [-0.3, -0.25) is 0 Å². The van der Waals surface area contributed by atoms with Gasteiger partial charge in [0.05, 0.1) is 0 Å². The lowest BCUT2D eigenvalue weighted by Gasteiger charge is -2.18. The molecule has 1 unspecified atom stereocenters. The van der Waals surface area contributed by atoms with E-state index in [4.69, 9.17) is 4.74 Å². The van der Waals surface area contributed by atoms with Crippen molar-refractivity contribution < 1.29 is 9.84 Å². The first-order valence-electron chi connectivity index (χ1n) is 3.48. The number of rotatable bonds is 2. The van der Waals surface area contributed by atoms with Crippen molar-refractivity contribution in [3.8, 4) is 0 Å². The van der Waals surface area contributed by atoms with Crippen LogP contribution in [0.1, 0.15) is 12.5 Å². The maximum atomic E-state index is 11.5. The van der Waals surface area contributed by atoms with Crippen molar-refractivity contribution in [2.45, 2.75) is 12.7 Å². The third kappa shape index (κ3) is 1.79. The molecule has 0 heterocycles. The smallest absolute Gasteiger partial charge is 0.224 e. The molecule has 0 aliphatic rings. The number of hydrogen-bond donors (Lipinski definition) is 0. The van der Waals surface area contributed by atoms with E-state index in [-0.39, 0.29) is 0 Å². The molecule has 1 radical (unpaired) electrons. The highest BCUT2D eigenvalue weighted by Gasteiger charge is 2.23. The Morgan fingerprint density at radius 1 is 1.27 bits per heavy atom. The summed E-state index contributed by atoms with van der Waals surface area (Å²) in [5.74, 6) is -1.42. The molecule has 0 aromatic heterocycles. The van der Waals surface area contributed by atoms with Crippen LogP contribution in [0.2, 0.25) is 0 Å². The van der Waals surface area contributed by atoms with E-state index >= 15 is 0 Å². The molecule has 0 N–H and O–H groups in total. The molecule has 59 valence electrons. The van der Waals surface area contributed by atoms with Crippen LogP contribution in [-0.4, -0.2) is 7.11 Å². The monoisotopic (exact) mass is 151 g/mol. The van der Waals surface area contributed by atoms with Crippen LogP contribution in [0.25, 0.3) is 0 Å². The van der Waals surface area contributed by atoms with Crippen molar-refractivity contribution in [2.75, 3.05) is 7.11 Å². The second-order valence-electron chi connectivity index (χ2n) is 2.52. The van der Waals surface area contributed by atoms with Gasteiger partial charge in [-0.05, 0) is 6.92 Å². The molecular formula is C9H11O2. The fourth-order valence-electron chi connectivity index (χ4n) is 0.859. The zero-order chi connectivity index (χ0) is 8.32. The molecule has 0 spiro atoms. The Labute approximate surface area is 66.4 Å². The SMILES string of the molecule is COC(C)([O])c1ccccc1. The zero-order valence-electron chi connectivity index (χ0n) is 6.70. The summed E-state index contributed by atoms with van der Waals surface area (Å²) >= 11 is 0. The summed E-state index contributed by atoms with van der Waals surface area (Å²) in [6.07, 6.45) is 0. The average molecular weight is 151 g/mol. The molecule has 0 amide bonds. The number of methoxy groups -OCH3 is 1. The Morgan fingerprint density at radius 3 is 2.27 bits per heavy atom. The molecule has 1 rings (SSSR count). The van der Waals surface area contributed by atoms with Gasteiger partial charge in [-0.15, -0.1) is 0 Å². The molecule has 2 nitrogen and oxygen atoms in total. The Kier molecular flexibility index (Phi) is 2.27. The van der Waals surface area contributed by atoms with Crippen LogP contribution >= 0.6 is 0 Å². The van der Waals surface area contributed by atoms with Crippen LogP contribution in [0.3, 0.4) is 0 Å². The van der Waals surface area contributed by atoms with Crippen molar-refractivity contribution in [2.24, 2.45) is 0 Å². The third-order valence-corrected chi connectivity index (χ3v) is 1.69. The molecule has 0 saturated heterocycles. The van der Waals surface area contributed by atoms with Crippen LogP contribution in [0.4, 0.5) is 0 Å². The van der Waals surface area contributed by atoms with E-state index in [1.807, 2.05) is 18.2 Å². The highest BCUT2D eigenvalue weighted by atomic mass is 16.6. The fourth-order valence-corrected chi connectivity index (χ4v) is 0.859. The first-order valence-corrected chi connectivity index (χ1v) is 3.48. The van der Waals surface area contributed by atoms with E-state index < -0.39 is 5.79 Å². The highest BCUT2D eigenvalue weighted by Crippen LogP contribution is 2.20. The molecule has 0 aliphatic carbocycles. The Hall–Kier alpha value is -0.860. The summed E-state index contributed by atoms with van der Waals surface area (Å²) in [5.41, 5.74) is 0.655. The lowest BCUT2D eigenvalue weighted by Crippen LogP contribution is -2.21. The minimum absolute atomic E-state index is 0.655. The molecule has 2 heteroatoms. The lowest BCUT2D eigenvalue weighted by atomic mass is 10.1. The van der Waals surface area contributed by atoms with Crippen LogP contribution in [0, 0.1) is 0 Å². The molecular weight excluding hydrogens is 140 g/mol. The van der Waals surface area contributed by atoms with Crippen molar-refractivity contribution in [3.05, 3.63) is 35.9 Å².